The van der Waals surface area contributed by atoms with Gasteiger partial charge in [-0.15, -0.1) is 0 Å². The maximum absolute atomic E-state index is 12.2. The summed E-state index contributed by atoms with van der Waals surface area (Å²) < 4.78 is 38.7. The maximum Gasteiger partial charge on any atom is 0.387 e. The molecular weight excluding hydrogens is 302 g/mol. The molecule has 0 heterocycles. The Bertz CT molecular complexity index is 461. The van der Waals surface area contributed by atoms with Crippen LogP contribution >= 0.6 is 12.2 Å². The first-order chi connectivity index (χ1) is 10.1. The van der Waals surface area contributed by atoms with Gasteiger partial charge in [-0.05, 0) is 29.9 Å². The van der Waals surface area contributed by atoms with Crippen molar-refractivity contribution in [3.63, 3.8) is 0 Å². The van der Waals surface area contributed by atoms with Crippen molar-refractivity contribution in [1.29, 1.82) is 0 Å². The predicted octanol–water partition coefficient (Wildman–Crippen LogP) is 1.91. The summed E-state index contributed by atoms with van der Waals surface area (Å²) in [7, 11) is 3.00. The van der Waals surface area contributed by atoms with Crippen LogP contribution in [0.1, 0.15) is 5.56 Å². The maximum atomic E-state index is 12.2. The van der Waals surface area contributed by atoms with Gasteiger partial charge in [0.15, 0.2) is 16.6 Å². The molecule has 0 amide bonds. The summed E-state index contributed by atoms with van der Waals surface area (Å²) >= 11 is 5.08. The minimum Gasteiger partial charge on any atom is -0.493 e. The highest BCUT2D eigenvalue weighted by molar-refractivity contribution is 7.80. The highest BCUT2D eigenvalue weighted by Crippen LogP contribution is 2.29. The number of methoxy groups -OCH3 is 2. The van der Waals surface area contributed by atoms with E-state index in [1.54, 1.807) is 19.2 Å². The van der Waals surface area contributed by atoms with E-state index < -0.39 is 6.61 Å². The first-order valence-corrected chi connectivity index (χ1v) is 6.60. The molecule has 1 rings (SSSR count). The summed E-state index contributed by atoms with van der Waals surface area (Å²) in [5.74, 6) is 0.241. The summed E-state index contributed by atoms with van der Waals surface area (Å²) in [6.45, 7) is -1.30. The molecule has 8 heteroatoms. The van der Waals surface area contributed by atoms with E-state index in [-0.39, 0.29) is 11.5 Å². The lowest BCUT2D eigenvalue weighted by Gasteiger charge is -2.13. The summed E-state index contributed by atoms with van der Waals surface area (Å²) in [5, 5.41) is 6.43. The van der Waals surface area contributed by atoms with Crippen molar-refractivity contribution >= 4 is 17.3 Å². The molecule has 0 unspecified atom stereocenters. The number of ether oxygens (including phenoxy) is 3. The summed E-state index contributed by atoms with van der Waals surface area (Å²) in [6, 6.07) is 4.71. The quantitative estimate of drug-likeness (QED) is 0.564. The van der Waals surface area contributed by atoms with Gasteiger partial charge in [-0.2, -0.15) is 8.78 Å². The van der Waals surface area contributed by atoms with Crippen LogP contribution in [0.5, 0.6) is 11.5 Å². The lowest BCUT2D eigenvalue weighted by Crippen LogP contribution is -2.36. The normalized spacial score (nSPS) is 10.3. The lowest BCUT2D eigenvalue weighted by atomic mass is 10.2. The van der Waals surface area contributed by atoms with Crippen LogP contribution in [0, 0.1) is 0 Å². The van der Waals surface area contributed by atoms with Gasteiger partial charge in [0.2, 0.25) is 0 Å². The van der Waals surface area contributed by atoms with Crippen LogP contribution < -0.4 is 20.1 Å². The lowest BCUT2D eigenvalue weighted by molar-refractivity contribution is -0.0512. The van der Waals surface area contributed by atoms with E-state index in [4.69, 9.17) is 21.7 Å². The molecule has 2 N–H and O–H groups in total. The van der Waals surface area contributed by atoms with Gasteiger partial charge in [0, 0.05) is 20.2 Å². The average molecular weight is 320 g/mol. The number of hydrogen-bond donors (Lipinski definition) is 2. The smallest absolute Gasteiger partial charge is 0.387 e. The van der Waals surface area contributed by atoms with Crippen LogP contribution in [-0.4, -0.2) is 39.1 Å². The van der Waals surface area contributed by atoms with Crippen LogP contribution in [0.2, 0.25) is 0 Å². The van der Waals surface area contributed by atoms with Crippen LogP contribution in [0.25, 0.3) is 0 Å². The molecule has 5 nitrogen and oxygen atoms in total. The molecule has 0 fully saturated rings. The number of nitrogens with one attached hydrogen (secondary N) is 2. The Morgan fingerprint density at radius 3 is 2.62 bits per heavy atom. The Balaban J connectivity index is 2.54. The summed E-state index contributed by atoms with van der Waals surface area (Å²) in [4.78, 5) is 0. The number of benzene rings is 1. The fraction of sp³-hybridized carbons (Fsp3) is 0.462. The van der Waals surface area contributed by atoms with Crippen LogP contribution in [0.4, 0.5) is 8.78 Å². The van der Waals surface area contributed by atoms with Crippen molar-refractivity contribution in [1.82, 2.24) is 10.6 Å². The number of halogens is 2. The monoisotopic (exact) mass is 320 g/mol. The summed E-state index contributed by atoms with van der Waals surface area (Å²) in [6.07, 6.45) is 0. The molecule has 0 bridgehead atoms. The second kappa shape index (κ2) is 9.30. The number of hydrogen-bond acceptors (Lipinski definition) is 4. The molecule has 21 heavy (non-hydrogen) atoms. The Kier molecular flexibility index (Phi) is 7.70. The fourth-order valence-electron chi connectivity index (χ4n) is 1.53. The standard InChI is InChI=1S/C13H18F2N2O3S/c1-18-6-5-16-13(21)17-8-9-3-4-10(20-12(14)15)11(7-9)19-2/h3-4,7,12H,5-6,8H2,1-2H3,(H2,16,17,21). The average Bonchev–Trinajstić information content (AvgIpc) is 2.46. The number of alkyl halides is 2. The second-order valence-electron chi connectivity index (χ2n) is 3.97. The van der Waals surface area contributed by atoms with E-state index >= 15 is 0 Å². The van der Waals surface area contributed by atoms with Gasteiger partial charge in [0.05, 0.1) is 13.7 Å². The van der Waals surface area contributed by atoms with Crippen LogP contribution in [-0.2, 0) is 11.3 Å². The fourth-order valence-corrected chi connectivity index (χ4v) is 1.70. The number of rotatable bonds is 8. The second-order valence-corrected chi connectivity index (χ2v) is 4.37. The van der Waals surface area contributed by atoms with Gasteiger partial charge in [-0.3, -0.25) is 0 Å². The zero-order valence-electron chi connectivity index (χ0n) is 11.8. The molecule has 118 valence electrons. The molecule has 1 aromatic carbocycles. The van der Waals surface area contributed by atoms with Gasteiger partial charge >= 0.3 is 6.61 Å². The SMILES string of the molecule is COCCNC(=S)NCc1ccc(OC(F)F)c(OC)c1. The predicted molar refractivity (Wildman–Crippen MR) is 78.9 cm³/mol. The molecule has 0 radical (unpaired) electrons. The van der Waals surface area contributed by atoms with Crippen molar-refractivity contribution < 1.29 is 23.0 Å². The topological polar surface area (TPSA) is 51.8 Å². The Morgan fingerprint density at radius 2 is 2.00 bits per heavy atom. The first kappa shape index (κ1) is 17.4. The van der Waals surface area contributed by atoms with E-state index in [1.165, 1.54) is 13.2 Å². The van der Waals surface area contributed by atoms with Crippen molar-refractivity contribution in [2.24, 2.45) is 0 Å². The third-order valence-corrected chi connectivity index (χ3v) is 2.78. The van der Waals surface area contributed by atoms with E-state index in [1.807, 2.05) is 0 Å². The molecule has 0 aliphatic rings. The van der Waals surface area contributed by atoms with Crippen molar-refractivity contribution in [3.8, 4) is 11.5 Å². The Hall–Kier alpha value is -1.67. The minimum absolute atomic E-state index is 0.00274. The Morgan fingerprint density at radius 1 is 1.24 bits per heavy atom. The molecule has 0 saturated heterocycles. The third-order valence-electron chi connectivity index (χ3n) is 2.49. The largest absolute Gasteiger partial charge is 0.493 e. The van der Waals surface area contributed by atoms with Gasteiger partial charge < -0.3 is 24.8 Å². The van der Waals surface area contributed by atoms with Crippen LogP contribution in [0.3, 0.4) is 0 Å². The highest BCUT2D eigenvalue weighted by Gasteiger charge is 2.11. The molecule has 0 spiro atoms. The first-order valence-electron chi connectivity index (χ1n) is 6.19. The third kappa shape index (κ3) is 6.54. The van der Waals surface area contributed by atoms with E-state index in [9.17, 15) is 8.78 Å². The minimum atomic E-state index is -2.89. The summed E-state index contributed by atoms with van der Waals surface area (Å²) in [5.41, 5.74) is 0.823. The van der Waals surface area contributed by atoms with Crippen molar-refractivity contribution in [3.05, 3.63) is 23.8 Å². The van der Waals surface area contributed by atoms with Crippen molar-refractivity contribution in [2.75, 3.05) is 27.4 Å². The van der Waals surface area contributed by atoms with E-state index in [0.29, 0.717) is 24.8 Å². The van der Waals surface area contributed by atoms with E-state index in [0.717, 1.165) is 5.56 Å². The zero-order chi connectivity index (χ0) is 15.7. The van der Waals surface area contributed by atoms with E-state index in [2.05, 4.69) is 15.4 Å². The van der Waals surface area contributed by atoms with Gasteiger partial charge in [0.1, 0.15) is 0 Å². The molecule has 0 aliphatic heterocycles. The highest BCUT2D eigenvalue weighted by atomic mass is 32.1. The van der Waals surface area contributed by atoms with Crippen LogP contribution in [0.15, 0.2) is 18.2 Å². The van der Waals surface area contributed by atoms with Gasteiger partial charge in [0.25, 0.3) is 0 Å². The molecule has 0 aromatic heterocycles. The van der Waals surface area contributed by atoms with Gasteiger partial charge in [-0.25, -0.2) is 0 Å². The molecule has 0 aliphatic carbocycles. The zero-order valence-corrected chi connectivity index (χ0v) is 12.6. The van der Waals surface area contributed by atoms with Crippen molar-refractivity contribution in [2.45, 2.75) is 13.2 Å². The molecule has 0 atom stereocenters. The Labute approximate surface area is 127 Å². The van der Waals surface area contributed by atoms with Gasteiger partial charge in [-0.1, -0.05) is 6.07 Å². The molecule has 0 saturated carbocycles. The molecule has 1 aromatic rings. The number of thiocarbonyl (C=S) groups is 1. The molecular formula is C13H18F2N2O3S.